The van der Waals surface area contributed by atoms with Gasteiger partial charge in [0.1, 0.15) is 4.34 Å². The zero-order chi connectivity index (χ0) is 10.0. The van der Waals surface area contributed by atoms with E-state index in [9.17, 15) is 0 Å². The number of aryl methyl sites for hydroxylation is 1. The van der Waals surface area contributed by atoms with Crippen molar-refractivity contribution >= 4 is 35.7 Å². The molecule has 2 rings (SSSR count). The second kappa shape index (κ2) is 4.45. The lowest BCUT2D eigenvalue weighted by molar-refractivity contribution is 0.205. The SMILES string of the molecule is Cc1csc(SCC2(CS)CCC2)n1. The van der Waals surface area contributed by atoms with Gasteiger partial charge in [-0.05, 0) is 30.9 Å². The van der Waals surface area contributed by atoms with Crippen LogP contribution in [0.2, 0.25) is 0 Å². The highest BCUT2D eigenvalue weighted by Gasteiger charge is 2.35. The number of hydrogen-bond acceptors (Lipinski definition) is 4. The zero-order valence-corrected chi connectivity index (χ0v) is 10.9. The minimum atomic E-state index is 0.521. The molecule has 0 aromatic carbocycles. The molecular formula is C10H15NS3. The number of thiol groups is 1. The summed E-state index contributed by atoms with van der Waals surface area (Å²) in [7, 11) is 0. The first-order valence-corrected chi connectivity index (χ1v) is 7.40. The lowest BCUT2D eigenvalue weighted by Crippen LogP contribution is -2.33. The molecule has 1 fully saturated rings. The van der Waals surface area contributed by atoms with E-state index in [0.29, 0.717) is 5.41 Å². The third-order valence-corrected chi connectivity index (χ3v) is 6.01. The molecular weight excluding hydrogens is 230 g/mol. The van der Waals surface area contributed by atoms with E-state index in [4.69, 9.17) is 0 Å². The van der Waals surface area contributed by atoms with Crippen LogP contribution in [0.1, 0.15) is 25.0 Å². The molecule has 1 nitrogen and oxygen atoms in total. The standard InChI is InChI=1S/C10H15NS3/c1-8-5-13-9(11-8)14-7-10(6-12)3-2-4-10/h5,12H,2-4,6-7H2,1H3. The van der Waals surface area contributed by atoms with Gasteiger partial charge in [-0.25, -0.2) is 4.98 Å². The van der Waals surface area contributed by atoms with Gasteiger partial charge < -0.3 is 0 Å². The minimum Gasteiger partial charge on any atom is -0.235 e. The Hall–Kier alpha value is 0.330. The van der Waals surface area contributed by atoms with Crippen LogP contribution < -0.4 is 0 Å². The molecule has 1 saturated carbocycles. The molecule has 0 atom stereocenters. The summed E-state index contributed by atoms with van der Waals surface area (Å²) in [5.74, 6) is 2.23. The smallest absolute Gasteiger partial charge is 0.150 e. The normalized spacial score (nSPS) is 19.3. The molecule has 1 aromatic heterocycles. The molecule has 0 saturated heterocycles. The van der Waals surface area contributed by atoms with Crippen molar-refractivity contribution in [2.75, 3.05) is 11.5 Å². The van der Waals surface area contributed by atoms with Crippen molar-refractivity contribution < 1.29 is 0 Å². The van der Waals surface area contributed by atoms with E-state index in [2.05, 4.69) is 29.9 Å². The zero-order valence-electron chi connectivity index (χ0n) is 8.32. The van der Waals surface area contributed by atoms with Gasteiger partial charge in [0.25, 0.3) is 0 Å². The second-order valence-corrected chi connectivity index (χ2v) is 6.45. The summed E-state index contributed by atoms with van der Waals surface area (Å²) in [5.41, 5.74) is 1.67. The lowest BCUT2D eigenvalue weighted by Gasteiger charge is -2.40. The Kier molecular flexibility index (Phi) is 3.45. The van der Waals surface area contributed by atoms with Crippen LogP contribution in [0.5, 0.6) is 0 Å². The molecule has 1 aromatic rings. The third-order valence-electron chi connectivity index (χ3n) is 2.85. The van der Waals surface area contributed by atoms with Crippen molar-refractivity contribution in [3.8, 4) is 0 Å². The number of thiazole rings is 1. The highest BCUT2D eigenvalue weighted by atomic mass is 32.2. The van der Waals surface area contributed by atoms with Crippen LogP contribution in [0.25, 0.3) is 0 Å². The Morgan fingerprint density at radius 3 is 2.86 bits per heavy atom. The van der Waals surface area contributed by atoms with Gasteiger partial charge in [-0.15, -0.1) is 11.3 Å². The first-order chi connectivity index (χ1) is 6.74. The molecule has 0 spiro atoms. The Morgan fingerprint density at radius 2 is 2.43 bits per heavy atom. The number of aromatic nitrogens is 1. The number of nitrogens with zero attached hydrogens (tertiary/aromatic N) is 1. The maximum atomic E-state index is 4.46. The van der Waals surface area contributed by atoms with E-state index >= 15 is 0 Å². The van der Waals surface area contributed by atoms with E-state index in [1.165, 1.54) is 29.4 Å². The van der Waals surface area contributed by atoms with Gasteiger partial charge in [0.05, 0.1) is 0 Å². The van der Waals surface area contributed by atoms with Crippen LogP contribution in [-0.4, -0.2) is 16.5 Å². The van der Waals surface area contributed by atoms with Crippen molar-refractivity contribution in [3.05, 3.63) is 11.1 Å². The van der Waals surface area contributed by atoms with Crippen LogP contribution in [0.15, 0.2) is 9.72 Å². The molecule has 14 heavy (non-hydrogen) atoms. The summed E-state index contributed by atoms with van der Waals surface area (Å²) < 4.78 is 1.22. The van der Waals surface area contributed by atoms with E-state index in [1.807, 2.05) is 11.8 Å². The molecule has 0 bridgehead atoms. The highest BCUT2D eigenvalue weighted by molar-refractivity contribution is 8.01. The van der Waals surface area contributed by atoms with Gasteiger partial charge >= 0.3 is 0 Å². The van der Waals surface area contributed by atoms with Gasteiger partial charge in [0.15, 0.2) is 0 Å². The van der Waals surface area contributed by atoms with Crippen LogP contribution in [-0.2, 0) is 0 Å². The van der Waals surface area contributed by atoms with Crippen LogP contribution in [0.4, 0.5) is 0 Å². The molecule has 0 N–H and O–H groups in total. The Bertz CT molecular complexity index is 299. The molecule has 0 amide bonds. The first kappa shape index (κ1) is 10.8. The molecule has 1 aliphatic carbocycles. The van der Waals surface area contributed by atoms with Crippen molar-refractivity contribution in [2.45, 2.75) is 30.5 Å². The van der Waals surface area contributed by atoms with E-state index in [1.54, 1.807) is 11.3 Å². The van der Waals surface area contributed by atoms with Crippen molar-refractivity contribution in [2.24, 2.45) is 5.41 Å². The van der Waals surface area contributed by atoms with Gasteiger partial charge in [-0.2, -0.15) is 12.6 Å². The lowest BCUT2D eigenvalue weighted by atomic mass is 9.72. The number of thioether (sulfide) groups is 1. The summed E-state index contributed by atoms with van der Waals surface area (Å²) >= 11 is 8.12. The largest absolute Gasteiger partial charge is 0.235 e. The highest BCUT2D eigenvalue weighted by Crippen LogP contribution is 2.45. The predicted molar refractivity (Wildman–Crippen MR) is 67.7 cm³/mol. The summed E-state index contributed by atoms with van der Waals surface area (Å²) in [6.07, 6.45) is 4.10. The third kappa shape index (κ3) is 2.28. The summed E-state index contributed by atoms with van der Waals surface area (Å²) in [6, 6.07) is 0. The molecule has 4 heteroatoms. The molecule has 1 aliphatic rings. The topological polar surface area (TPSA) is 12.9 Å². The van der Waals surface area contributed by atoms with Crippen LogP contribution in [0, 0.1) is 12.3 Å². The van der Waals surface area contributed by atoms with Crippen LogP contribution >= 0.6 is 35.7 Å². The van der Waals surface area contributed by atoms with Crippen molar-refractivity contribution in [1.82, 2.24) is 4.98 Å². The van der Waals surface area contributed by atoms with E-state index in [0.717, 1.165) is 11.4 Å². The van der Waals surface area contributed by atoms with Crippen molar-refractivity contribution in [1.29, 1.82) is 0 Å². The number of hydrogen-bond donors (Lipinski definition) is 1. The Balaban J connectivity index is 1.87. The Morgan fingerprint density at radius 1 is 1.64 bits per heavy atom. The Labute approximate surface area is 99.1 Å². The van der Waals surface area contributed by atoms with Gasteiger partial charge in [0.2, 0.25) is 0 Å². The monoisotopic (exact) mass is 245 g/mol. The fourth-order valence-corrected chi connectivity index (χ4v) is 4.36. The average Bonchev–Trinajstić information content (AvgIpc) is 2.50. The van der Waals surface area contributed by atoms with Gasteiger partial charge in [-0.1, -0.05) is 18.2 Å². The van der Waals surface area contributed by atoms with E-state index in [-0.39, 0.29) is 0 Å². The van der Waals surface area contributed by atoms with Crippen LogP contribution in [0.3, 0.4) is 0 Å². The van der Waals surface area contributed by atoms with Crippen molar-refractivity contribution in [3.63, 3.8) is 0 Å². The summed E-state index contributed by atoms with van der Waals surface area (Å²) in [4.78, 5) is 4.46. The second-order valence-electron chi connectivity index (χ2n) is 4.06. The fourth-order valence-electron chi connectivity index (χ4n) is 1.64. The molecule has 78 valence electrons. The molecule has 0 radical (unpaired) electrons. The quantitative estimate of drug-likeness (QED) is 0.642. The van der Waals surface area contributed by atoms with E-state index < -0.39 is 0 Å². The van der Waals surface area contributed by atoms with Gasteiger partial charge in [0, 0.05) is 16.8 Å². The maximum Gasteiger partial charge on any atom is 0.150 e. The maximum absolute atomic E-state index is 4.46. The number of rotatable bonds is 4. The average molecular weight is 245 g/mol. The molecule has 0 unspecified atom stereocenters. The van der Waals surface area contributed by atoms with Gasteiger partial charge in [-0.3, -0.25) is 0 Å². The summed E-state index contributed by atoms with van der Waals surface area (Å²) in [5, 5.41) is 2.12. The summed E-state index contributed by atoms with van der Waals surface area (Å²) in [6.45, 7) is 2.05. The predicted octanol–water partition coefficient (Wildman–Crippen LogP) is 3.64. The molecule has 0 aliphatic heterocycles. The minimum absolute atomic E-state index is 0.521. The fraction of sp³-hybridized carbons (Fsp3) is 0.700. The molecule has 1 heterocycles. The first-order valence-electron chi connectivity index (χ1n) is 4.90.